The molecule has 1 saturated heterocycles. The molecule has 5 heteroatoms. The summed E-state index contributed by atoms with van der Waals surface area (Å²) >= 11 is 0. The average molecular weight is 368 g/mol. The lowest BCUT2D eigenvalue weighted by Crippen LogP contribution is -2.50. The first-order valence-corrected chi connectivity index (χ1v) is 9.48. The van der Waals surface area contributed by atoms with Crippen molar-refractivity contribution in [2.45, 2.75) is 13.3 Å². The van der Waals surface area contributed by atoms with Gasteiger partial charge in [0.25, 0.3) is 0 Å². The van der Waals surface area contributed by atoms with E-state index in [1.165, 1.54) is 5.56 Å². The Morgan fingerprint density at radius 1 is 0.963 bits per heavy atom. The molecule has 0 aliphatic carbocycles. The minimum absolute atomic E-state index is 0.217. The Labute approximate surface area is 161 Å². The summed E-state index contributed by atoms with van der Waals surface area (Å²) in [6.07, 6.45) is 0.490. The standard InChI is InChI=1S/C22H28N2O3/c1-18-7-3-4-8-19(18)17-22(25)24-13-11-23(12-14-24)15-16-27-21-10-6-5-9-20(21)26-2/h3-10H,11-17H2,1-2H3. The Balaban J connectivity index is 1.41. The van der Waals surface area contributed by atoms with Gasteiger partial charge in [-0.2, -0.15) is 0 Å². The SMILES string of the molecule is COc1ccccc1OCCN1CCN(C(=O)Cc2ccccc2C)CC1. The topological polar surface area (TPSA) is 42.0 Å². The number of methoxy groups -OCH3 is 1. The van der Waals surface area contributed by atoms with Crippen molar-refractivity contribution in [3.63, 3.8) is 0 Å². The van der Waals surface area contributed by atoms with Gasteiger partial charge in [-0.1, -0.05) is 36.4 Å². The van der Waals surface area contributed by atoms with Crippen LogP contribution in [0.25, 0.3) is 0 Å². The smallest absolute Gasteiger partial charge is 0.227 e. The minimum atomic E-state index is 0.217. The molecule has 0 unspecified atom stereocenters. The van der Waals surface area contributed by atoms with Crippen molar-refractivity contribution in [1.29, 1.82) is 0 Å². The van der Waals surface area contributed by atoms with Crippen LogP contribution in [0.5, 0.6) is 11.5 Å². The molecule has 0 radical (unpaired) electrons. The first-order valence-electron chi connectivity index (χ1n) is 9.48. The fourth-order valence-electron chi connectivity index (χ4n) is 3.33. The van der Waals surface area contributed by atoms with Crippen molar-refractivity contribution in [3.8, 4) is 11.5 Å². The number of ether oxygens (including phenoxy) is 2. The Morgan fingerprint density at radius 2 is 1.63 bits per heavy atom. The zero-order valence-corrected chi connectivity index (χ0v) is 16.2. The second kappa shape index (κ2) is 9.42. The van der Waals surface area contributed by atoms with Gasteiger partial charge in [0.2, 0.25) is 5.91 Å². The summed E-state index contributed by atoms with van der Waals surface area (Å²) in [7, 11) is 1.65. The van der Waals surface area contributed by atoms with Gasteiger partial charge in [-0.25, -0.2) is 0 Å². The molecule has 1 fully saturated rings. The molecule has 27 heavy (non-hydrogen) atoms. The predicted octanol–water partition coefficient (Wildman–Crippen LogP) is 2.77. The molecule has 1 amide bonds. The maximum Gasteiger partial charge on any atom is 0.227 e. The van der Waals surface area contributed by atoms with Crippen molar-refractivity contribution >= 4 is 5.91 Å². The number of rotatable bonds is 7. The van der Waals surface area contributed by atoms with E-state index in [0.29, 0.717) is 13.0 Å². The van der Waals surface area contributed by atoms with Gasteiger partial charge in [0.15, 0.2) is 11.5 Å². The highest BCUT2D eigenvalue weighted by molar-refractivity contribution is 5.79. The lowest BCUT2D eigenvalue weighted by Gasteiger charge is -2.34. The van der Waals surface area contributed by atoms with Gasteiger partial charge >= 0.3 is 0 Å². The van der Waals surface area contributed by atoms with E-state index < -0.39 is 0 Å². The number of carbonyl (C=O) groups is 1. The molecule has 0 spiro atoms. The molecular weight excluding hydrogens is 340 g/mol. The van der Waals surface area contributed by atoms with Crippen molar-refractivity contribution in [3.05, 3.63) is 59.7 Å². The van der Waals surface area contributed by atoms with Crippen LogP contribution in [0.1, 0.15) is 11.1 Å². The van der Waals surface area contributed by atoms with Crippen LogP contribution in [0.3, 0.4) is 0 Å². The second-order valence-corrected chi connectivity index (χ2v) is 6.83. The summed E-state index contributed by atoms with van der Waals surface area (Å²) in [6.45, 7) is 6.83. The van der Waals surface area contributed by atoms with Crippen molar-refractivity contribution in [2.75, 3.05) is 46.4 Å². The summed E-state index contributed by atoms with van der Waals surface area (Å²) in [5.41, 5.74) is 2.30. The number of para-hydroxylation sites is 2. The summed E-state index contributed by atoms with van der Waals surface area (Å²) in [5.74, 6) is 1.74. The van der Waals surface area contributed by atoms with Gasteiger partial charge < -0.3 is 14.4 Å². The number of hydrogen-bond acceptors (Lipinski definition) is 4. The summed E-state index contributed by atoms with van der Waals surface area (Å²) in [6, 6.07) is 15.8. The third-order valence-electron chi connectivity index (χ3n) is 5.06. The summed E-state index contributed by atoms with van der Waals surface area (Å²) < 4.78 is 11.2. The van der Waals surface area contributed by atoms with Gasteiger partial charge in [0, 0.05) is 32.7 Å². The van der Waals surface area contributed by atoms with E-state index in [-0.39, 0.29) is 5.91 Å². The second-order valence-electron chi connectivity index (χ2n) is 6.83. The number of piperazine rings is 1. The van der Waals surface area contributed by atoms with Crippen LogP contribution in [0.2, 0.25) is 0 Å². The molecule has 1 aliphatic rings. The minimum Gasteiger partial charge on any atom is -0.493 e. The van der Waals surface area contributed by atoms with Crippen molar-refractivity contribution < 1.29 is 14.3 Å². The molecule has 3 rings (SSSR count). The van der Waals surface area contributed by atoms with Crippen LogP contribution in [-0.2, 0) is 11.2 Å². The first-order chi connectivity index (χ1) is 13.2. The highest BCUT2D eigenvalue weighted by atomic mass is 16.5. The average Bonchev–Trinajstić information content (AvgIpc) is 2.70. The number of nitrogens with zero attached hydrogens (tertiary/aromatic N) is 2. The van der Waals surface area contributed by atoms with Crippen LogP contribution in [0, 0.1) is 6.92 Å². The molecular formula is C22H28N2O3. The van der Waals surface area contributed by atoms with Crippen LogP contribution >= 0.6 is 0 Å². The monoisotopic (exact) mass is 368 g/mol. The molecule has 144 valence electrons. The molecule has 0 N–H and O–H groups in total. The number of hydrogen-bond donors (Lipinski definition) is 0. The predicted molar refractivity (Wildman–Crippen MR) is 106 cm³/mol. The van der Waals surface area contributed by atoms with E-state index in [4.69, 9.17) is 9.47 Å². The highest BCUT2D eigenvalue weighted by Crippen LogP contribution is 2.25. The fourth-order valence-corrected chi connectivity index (χ4v) is 3.33. The van der Waals surface area contributed by atoms with Crippen molar-refractivity contribution in [1.82, 2.24) is 9.80 Å². The Hall–Kier alpha value is -2.53. The molecule has 0 bridgehead atoms. The number of carbonyl (C=O) groups excluding carboxylic acids is 1. The fraction of sp³-hybridized carbons (Fsp3) is 0.409. The maximum absolute atomic E-state index is 12.6. The Kier molecular flexibility index (Phi) is 6.71. The van der Waals surface area contributed by atoms with E-state index in [0.717, 1.165) is 49.8 Å². The number of aryl methyl sites for hydroxylation is 1. The zero-order valence-electron chi connectivity index (χ0n) is 16.2. The lowest BCUT2D eigenvalue weighted by molar-refractivity contribution is -0.132. The van der Waals surface area contributed by atoms with Gasteiger partial charge in [-0.05, 0) is 30.2 Å². The molecule has 2 aromatic rings. The van der Waals surface area contributed by atoms with Gasteiger partial charge in [0.05, 0.1) is 13.5 Å². The van der Waals surface area contributed by atoms with E-state index >= 15 is 0 Å². The van der Waals surface area contributed by atoms with E-state index in [1.807, 2.05) is 47.4 Å². The summed E-state index contributed by atoms with van der Waals surface area (Å²) in [5, 5.41) is 0. The lowest BCUT2D eigenvalue weighted by atomic mass is 10.1. The quantitative estimate of drug-likeness (QED) is 0.754. The van der Waals surface area contributed by atoms with E-state index in [9.17, 15) is 4.79 Å². The molecule has 1 heterocycles. The first kappa shape index (κ1) is 19.2. The normalized spacial score (nSPS) is 14.8. The number of amides is 1. The maximum atomic E-state index is 12.6. The van der Waals surface area contributed by atoms with Crippen LogP contribution in [-0.4, -0.2) is 62.1 Å². The van der Waals surface area contributed by atoms with Crippen LogP contribution in [0.15, 0.2) is 48.5 Å². The molecule has 1 aliphatic heterocycles. The third kappa shape index (κ3) is 5.23. The molecule has 2 aromatic carbocycles. The number of benzene rings is 2. The molecule has 0 atom stereocenters. The largest absolute Gasteiger partial charge is 0.493 e. The highest BCUT2D eigenvalue weighted by Gasteiger charge is 2.21. The van der Waals surface area contributed by atoms with Crippen LogP contribution in [0.4, 0.5) is 0 Å². The molecule has 5 nitrogen and oxygen atoms in total. The molecule has 0 aromatic heterocycles. The summed E-state index contributed by atoms with van der Waals surface area (Å²) in [4.78, 5) is 16.9. The Bertz CT molecular complexity index is 755. The van der Waals surface area contributed by atoms with E-state index in [2.05, 4.69) is 17.9 Å². The third-order valence-corrected chi connectivity index (χ3v) is 5.06. The van der Waals surface area contributed by atoms with Gasteiger partial charge in [0.1, 0.15) is 6.61 Å². The van der Waals surface area contributed by atoms with Crippen LogP contribution < -0.4 is 9.47 Å². The zero-order chi connectivity index (χ0) is 19.1. The van der Waals surface area contributed by atoms with Gasteiger partial charge in [-0.15, -0.1) is 0 Å². The van der Waals surface area contributed by atoms with E-state index in [1.54, 1.807) is 7.11 Å². The van der Waals surface area contributed by atoms with Gasteiger partial charge in [-0.3, -0.25) is 9.69 Å². The van der Waals surface area contributed by atoms with Crippen molar-refractivity contribution in [2.24, 2.45) is 0 Å². The molecule has 0 saturated carbocycles. The Morgan fingerprint density at radius 3 is 2.33 bits per heavy atom.